The standard InChI is InChI=1S/C34H35ClFN3O4S/c1-3-25(2)37-34(41)32(22-26-10-6-4-7-11-26)38(23-27-14-16-28(35)17-15-27)33(40)24-39(30-12-8-5-9-13-30)44(42,43)31-20-18-29(36)19-21-31/h4-21,25,32H,3,22-24H2,1-2H3,(H,37,41)/t25-,32-/m1/s1. The number of hydrogen-bond donors (Lipinski definition) is 1. The molecule has 0 radical (unpaired) electrons. The largest absolute Gasteiger partial charge is 0.352 e. The van der Waals surface area contributed by atoms with Crippen molar-refractivity contribution in [3.63, 3.8) is 0 Å². The van der Waals surface area contributed by atoms with Crippen molar-refractivity contribution >= 4 is 39.1 Å². The molecule has 0 aliphatic carbocycles. The molecule has 0 saturated heterocycles. The van der Waals surface area contributed by atoms with Gasteiger partial charge >= 0.3 is 0 Å². The van der Waals surface area contributed by atoms with Gasteiger partial charge < -0.3 is 10.2 Å². The van der Waals surface area contributed by atoms with E-state index < -0.39 is 34.3 Å². The highest BCUT2D eigenvalue weighted by Crippen LogP contribution is 2.25. The number of para-hydroxylation sites is 1. The molecule has 0 bridgehead atoms. The molecule has 0 aliphatic rings. The number of carbonyl (C=O) groups is 2. The molecule has 44 heavy (non-hydrogen) atoms. The fourth-order valence-corrected chi connectivity index (χ4v) is 6.18. The maximum absolute atomic E-state index is 14.4. The Bertz CT molecular complexity index is 1640. The van der Waals surface area contributed by atoms with Gasteiger partial charge in [0, 0.05) is 24.0 Å². The van der Waals surface area contributed by atoms with Crippen LogP contribution >= 0.6 is 11.6 Å². The Morgan fingerprint density at radius 2 is 1.43 bits per heavy atom. The van der Waals surface area contributed by atoms with Gasteiger partial charge in [-0.15, -0.1) is 0 Å². The van der Waals surface area contributed by atoms with Crippen LogP contribution in [0.25, 0.3) is 0 Å². The first-order valence-electron chi connectivity index (χ1n) is 14.3. The average Bonchev–Trinajstić information content (AvgIpc) is 3.03. The zero-order valence-corrected chi connectivity index (χ0v) is 26.1. The summed E-state index contributed by atoms with van der Waals surface area (Å²) in [6, 6.07) is 27.8. The molecule has 4 rings (SSSR count). The Balaban J connectivity index is 1.78. The quantitative estimate of drug-likeness (QED) is 0.189. The van der Waals surface area contributed by atoms with E-state index in [9.17, 15) is 22.4 Å². The predicted molar refractivity (Wildman–Crippen MR) is 171 cm³/mol. The van der Waals surface area contributed by atoms with Gasteiger partial charge in [-0.05, 0) is 73.0 Å². The molecule has 4 aromatic carbocycles. The number of hydrogen-bond acceptors (Lipinski definition) is 4. The van der Waals surface area contributed by atoms with Gasteiger partial charge in [0.2, 0.25) is 11.8 Å². The number of nitrogens with zero attached hydrogens (tertiary/aromatic N) is 2. The lowest BCUT2D eigenvalue weighted by Crippen LogP contribution is -2.54. The third-order valence-corrected chi connectivity index (χ3v) is 9.30. The Morgan fingerprint density at radius 1 is 0.841 bits per heavy atom. The summed E-state index contributed by atoms with van der Waals surface area (Å²) in [7, 11) is -4.30. The number of carbonyl (C=O) groups excluding carboxylic acids is 2. The second kappa shape index (κ2) is 15.0. The number of sulfonamides is 1. The van der Waals surface area contributed by atoms with Gasteiger partial charge in [0.25, 0.3) is 10.0 Å². The topological polar surface area (TPSA) is 86.8 Å². The van der Waals surface area contributed by atoms with Gasteiger partial charge in [-0.25, -0.2) is 12.8 Å². The lowest BCUT2D eigenvalue weighted by atomic mass is 10.0. The van der Waals surface area contributed by atoms with Crippen LogP contribution in [0.1, 0.15) is 31.4 Å². The predicted octanol–water partition coefficient (Wildman–Crippen LogP) is 6.23. The summed E-state index contributed by atoms with van der Waals surface area (Å²) in [5.74, 6) is -1.52. The van der Waals surface area contributed by atoms with Crippen molar-refractivity contribution in [2.75, 3.05) is 10.8 Å². The van der Waals surface area contributed by atoms with Crippen LogP contribution in [-0.2, 0) is 32.6 Å². The summed E-state index contributed by atoms with van der Waals surface area (Å²) < 4.78 is 42.5. The first-order valence-corrected chi connectivity index (χ1v) is 16.1. The van der Waals surface area contributed by atoms with Crippen LogP contribution in [0.5, 0.6) is 0 Å². The van der Waals surface area contributed by atoms with Crippen molar-refractivity contribution in [3.8, 4) is 0 Å². The summed E-state index contributed by atoms with van der Waals surface area (Å²) >= 11 is 6.12. The van der Waals surface area contributed by atoms with E-state index in [4.69, 9.17) is 11.6 Å². The van der Waals surface area contributed by atoms with Crippen molar-refractivity contribution in [1.29, 1.82) is 0 Å². The van der Waals surface area contributed by atoms with Crippen LogP contribution in [0, 0.1) is 5.82 Å². The molecule has 4 aromatic rings. The van der Waals surface area contributed by atoms with E-state index in [2.05, 4.69) is 5.32 Å². The number of halogens is 2. The SMILES string of the molecule is CC[C@@H](C)NC(=O)[C@@H](Cc1ccccc1)N(Cc1ccc(Cl)cc1)C(=O)CN(c1ccccc1)S(=O)(=O)c1ccc(F)cc1. The van der Waals surface area contributed by atoms with Crippen molar-refractivity contribution in [1.82, 2.24) is 10.2 Å². The zero-order valence-electron chi connectivity index (χ0n) is 24.6. The molecule has 10 heteroatoms. The third-order valence-electron chi connectivity index (χ3n) is 7.26. The minimum atomic E-state index is -4.30. The molecule has 0 aromatic heterocycles. The van der Waals surface area contributed by atoms with Gasteiger partial charge in [0.1, 0.15) is 18.4 Å². The molecule has 0 heterocycles. The fraction of sp³-hybridized carbons (Fsp3) is 0.235. The number of anilines is 1. The fourth-order valence-electron chi connectivity index (χ4n) is 4.64. The number of amides is 2. The molecule has 230 valence electrons. The molecule has 1 N–H and O–H groups in total. The van der Waals surface area contributed by atoms with Crippen molar-refractivity contribution in [2.24, 2.45) is 0 Å². The zero-order chi connectivity index (χ0) is 31.7. The second-order valence-corrected chi connectivity index (χ2v) is 12.8. The normalized spacial score (nSPS) is 12.6. The molecule has 0 fully saturated rings. The molecule has 0 spiro atoms. The minimum Gasteiger partial charge on any atom is -0.352 e. The monoisotopic (exact) mass is 635 g/mol. The lowest BCUT2D eigenvalue weighted by molar-refractivity contribution is -0.140. The highest BCUT2D eigenvalue weighted by atomic mass is 35.5. The first-order chi connectivity index (χ1) is 21.1. The molecular formula is C34H35ClFN3O4S. The van der Waals surface area contributed by atoms with Crippen LogP contribution in [0.15, 0.2) is 114 Å². The molecule has 0 unspecified atom stereocenters. The Kier molecular flexibility index (Phi) is 11.1. The molecule has 0 saturated carbocycles. The average molecular weight is 636 g/mol. The smallest absolute Gasteiger partial charge is 0.264 e. The molecule has 2 amide bonds. The Labute approximate surface area is 263 Å². The van der Waals surface area contributed by atoms with Gasteiger partial charge in [-0.2, -0.15) is 0 Å². The van der Waals surface area contributed by atoms with Crippen molar-refractivity contribution in [3.05, 3.63) is 131 Å². The summed E-state index contributed by atoms with van der Waals surface area (Å²) in [5.41, 5.74) is 1.80. The maximum atomic E-state index is 14.4. The molecule has 2 atom stereocenters. The van der Waals surface area contributed by atoms with Crippen molar-refractivity contribution < 1.29 is 22.4 Å². The van der Waals surface area contributed by atoms with Gasteiger partial charge in [0.15, 0.2) is 0 Å². The second-order valence-electron chi connectivity index (χ2n) is 10.5. The molecule has 7 nitrogen and oxygen atoms in total. The van der Waals surface area contributed by atoms with Crippen LogP contribution < -0.4 is 9.62 Å². The van der Waals surface area contributed by atoms with Crippen LogP contribution in [0.2, 0.25) is 5.02 Å². The highest BCUT2D eigenvalue weighted by molar-refractivity contribution is 7.92. The third kappa shape index (κ3) is 8.45. The lowest BCUT2D eigenvalue weighted by Gasteiger charge is -2.34. The van der Waals surface area contributed by atoms with Crippen LogP contribution in [0.3, 0.4) is 0 Å². The van der Waals surface area contributed by atoms with E-state index in [1.165, 1.54) is 4.90 Å². The van der Waals surface area contributed by atoms with E-state index in [0.717, 1.165) is 34.1 Å². The molecular weight excluding hydrogens is 601 g/mol. The van der Waals surface area contributed by atoms with Gasteiger partial charge in [-0.1, -0.05) is 79.2 Å². The number of benzene rings is 4. The maximum Gasteiger partial charge on any atom is 0.264 e. The van der Waals surface area contributed by atoms with E-state index in [-0.39, 0.29) is 35.5 Å². The van der Waals surface area contributed by atoms with E-state index >= 15 is 0 Å². The Morgan fingerprint density at radius 3 is 2.02 bits per heavy atom. The summed E-state index contributed by atoms with van der Waals surface area (Å²) in [5, 5.41) is 3.52. The number of rotatable bonds is 13. The van der Waals surface area contributed by atoms with Crippen LogP contribution in [0.4, 0.5) is 10.1 Å². The van der Waals surface area contributed by atoms with E-state index in [0.29, 0.717) is 17.0 Å². The van der Waals surface area contributed by atoms with Crippen LogP contribution in [-0.4, -0.2) is 43.8 Å². The van der Waals surface area contributed by atoms with Gasteiger partial charge in [0.05, 0.1) is 10.6 Å². The summed E-state index contributed by atoms with van der Waals surface area (Å²) in [6.45, 7) is 3.26. The van der Waals surface area contributed by atoms with E-state index in [1.807, 2.05) is 44.2 Å². The highest BCUT2D eigenvalue weighted by Gasteiger charge is 2.35. The Hall–Kier alpha value is -4.21. The van der Waals surface area contributed by atoms with Gasteiger partial charge in [-0.3, -0.25) is 13.9 Å². The van der Waals surface area contributed by atoms with Crippen molar-refractivity contribution in [2.45, 2.75) is 50.2 Å². The van der Waals surface area contributed by atoms with E-state index in [1.54, 1.807) is 54.6 Å². The molecule has 0 aliphatic heterocycles. The summed E-state index contributed by atoms with van der Waals surface area (Å²) in [4.78, 5) is 29.4. The summed E-state index contributed by atoms with van der Waals surface area (Å²) in [6.07, 6.45) is 0.894. The minimum absolute atomic E-state index is 0.0284. The first kappa shape index (κ1) is 32.7. The number of nitrogens with one attached hydrogen (secondary N) is 1.